The number of ether oxygens (including phenoxy) is 3. The summed E-state index contributed by atoms with van der Waals surface area (Å²) < 4.78 is 18.7. The van der Waals surface area contributed by atoms with Crippen LogP contribution < -0.4 is 10.1 Å². The molecule has 0 atom stereocenters. The minimum atomic E-state index is -0.0855. The number of methoxy groups -OCH3 is 1. The van der Waals surface area contributed by atoms with Crippen LogP contribution in [-0.4, -0.2) is 75.1 Å². The lowest BCUT2D eigenvalue weighted by Crippen LogP contribution is -2.41. The number of hydrogen-bond donors (Lipinski definition) is 1. The smallest absolute Gasteiger partial charge is 0.251 e. The van der Waals surface area contributed by atoms with E-state index in [9.17, 15) is 10.1 Å². The summed E-state index contributed by atoms with van der Waals surface area (Å²) in [6.07, 6.45) is 3.35. The number of nitriles is 1. The zero-order valence-electron chi connectivity index (χ0n) is 21.4. The Morgan fingerprint density at radius 2 is 1.92 bits per heavy atom. The summed E-state index contributed by atoms with van der Waals surface area (Å²) in [7, 11) is 1.65. The predicted molar refractivity (Wildman–Crippen MR) is 142 cm³/mol. The van der Waals surface area contributed by atoms with E-state index in [1.54, 1.807) is 7.11 Å². The number of nitrogens with zero attached hydrogens (tertiary/aromatic N) is 3. The van der Waals surface area contributed by atoms with E-state index in [4.69, 9.17) is 14.2 Å². The standard InChI is InChI=1S/C29H34N4O4/c1-35-17-18-37-24-9-10-25-26(20-30)28(33(27(25)19-24)23-3-2-4-23)21-5-7-22(8-6-21)29(34)31-11-12-32-13-15-36-16-14-32/h5-10,19,23H,2-4,11-18H2,1H3,(H,31,34). The molecule has 2 aliphatic rings. The molecule has 5 rings (SSSR count). The summed E-state index contributed by atoms with van der Waals surface area (Å²) in [5.41, 5.74) is 4.13. The van der Waals surface area contributed by atoms with Gasteiger partial charge in [-0.25, -0.2) is 0 Å². The van der Waals surface area contributed by atoms with Crippen molar-refractivity contribution in [1.29, 1.82) is 5.26 Å². The summed E-state index contributed by atoms with van der Waals surface area (Å²) in [4.78, 5) is 15.0. The maximum absolute atomic E-state index is 12.7. The Balaban J connectivity index is 1.39. The third-order valence-corrected chi connectivity index (χ3v) is 7.32. The van der Waals surface area contributed by atoms with E-state index in [1.165, 1.54) is 6.42 Å². The van der Waals surface area contributed by atoms with Crippen LogP contribution in [0.25, 0.3) is 22.2 Å². The molecule has 1 aromatic heterocycles. The van der Waals surface area contributed by atoms with Crippen molar-refractivity contribution in [1.82, 2.24) is 14.8 Å². The van der Waals surface area contributed by atoms with Crippen molar-refractivity contribution >= 4 is 16.8 Å². The van der Waals surface area contributed by atoms with Crippen molar-refractivity contribution in [2.24, 2.45) is 0 Å². The normalized spacial score (nSPS) is 16.3. The van der Waals surface area contributed by atoms with Crippen LogP contribution in [0.4, 0.5) is 0 Å². The van der Waals surface area contributed by atoms with Crippen molar-refractivity contribution in [3.05, 3.63) is 53.6 Å². The first-order valence-corrected chi connectivity index (χ1v) is 13.1. The van der Waals surface area contributed by atoms with E-state index < -0.39 is 0 Å². The molecule has 0 unspecified atom stereocenters. The Morgan fingerprint density at radius 3 is 2.59 bits per heavy atom. The van der Waals surface area contributed by atoms with E-state index >= 15 is 0 Å². The highest BCUT2D eigenvalue weighted by atomic mass is 16.5. The number of amides is 1. The first-order chi connectivity index (χ1) is 18.2. The second-order valence-electron chi connectivity index (χ2n) is 9.60. The van der Waals surface area contributed by atoms with Crippen molar-refractivity contribution in [3.8, 4) is 23.1 Å². The number of fused-ring (bicyclic) bond motifs is 1. The van der Waals surface area contributed by atoms with E-state index in [-0.39, 0.29) is 5.91 Å². The molecule has 2 fully saturated rings. The molecule has 37 heavy (non-hydrogen) atoms. The van der Waals surface area contributed by atoms with Gasteiger partial charge < -0.3 is 24.1 Å². The highest BCUT2D eigenvalue weighted by molar-refractivity contribution is 5.97. The summed E-state index contributed by atoms with van der Waals surface area (Å²) in [5, 5.41) is 14.1. The molecule has 2 heterocycles. The van der Waals surface area contributed by atoms with Crippen LogP contribution in [0.5, 0.6) is 5.75 Å². The average Bonchev–Trinajstić information content (AvgIpc) is 3.21. The molecule has 2 aromatic carbocycles. The Kier molecular flexibility index (Phi) is 8.05. The number of hydrogen-bond acceptors (Lipinski definition) is 6. The zero-order chi connectivity index (χ0) is 25.6. The minimum absolute atomic E-state index is 0.0855. The number of rotatable bonds is 10. The zero-order valence-corrected chi connectivity index (χ0v) is 21.4. The summed E-state index contributed by atoms with van der Waals surface area (Å²) in [6, 6.07) is 16.3. The molecule has 1 aliphatic heterocycles. The topological polar surface area (TPSA) is 88.8 Å². The first kappa shape index (κ1) is 25.3. The Hall–Kier alpha value is -3.38. The van der Waals surface area contributed by atoms with Crippen LogP contribution >= 0.6 is 0 Å². The van der Waals surface area contributed by atoms with Gasteiger partial charge in [0.2, 0.25) is 0 Å². The molecule has 8 heteroatoms. The van der Waals surface area contributed by atoms with Crippen molar-refractivity contribution < 1.29 is 19.0 Å². The third-order valence-electron chi connectivity index (χ3n) is 7.32. The fourth-order valence-electron chi connectivity index (χ4n) is 5.08. The van der Waals surface area contributed by atoms with Crippen molar-refractivity contribution in [2.75, 3.05) is 59.7 Å². The average molecular weight is 503 g/mol. The van der Waals surface area contributed by atoms with E-state index in [0.29, 0.717) is 36.9 Å². The minimum Gasteiger partial charge on any atom is -0.491 e. The van der Waals surface area contributed by atoms with Gasteiger partial charge in [-0.05, 0) is 49.1 Å². The van der Waals surface area contributed by atoms with Gasteiger partial charge in [-0.2, -0.15) is 5.26 Å². The molecule has 1 saturated heterocycles. The number of aromatic nitrogens is 1. The Morgan fingerprint density at radius 1 is 1.14 bits per heavy atom. The first-order valence-electron chi connectivity index (χ1n) is 13.1. The van der Waals surface area contributed by atoms with E-state index in [2.05, 4.69) is 20.9 Å². The van der Waals surface area contributed by atoms with Gasteiger partial charge in [0.1, 0.15) is 18.4 Å². The lowest BCUT2D eigenvalue weighted by atomic mass is 9.92. The summed E-state index contributed by atoms with van der Waals surface area (Å²) >= 11 is 0. The monoisotopic (exact) mass is 502 g/mol. The number of morpholine rings is 1. The molecule has 0 bridgehead atoms. The molecule has 0 radical (unpaired) electrons. The molecule has 8 nitrogen and oxygen atoms in total. The molecule has 194 valence electrons. The highest BCUT2D eigenvalue weighted by Gasteiger charge is 2.28. The van der Waals surface area contributed by atoms with Gasteiger partial charge in [-0.1, -0.05) is 12.1 Å². The fraction of sp³-hybridized carbons (Fsp3) is 0.448. The Bertz CT molecular complexity index is 1270. The van der Waals surface area contributed by atoms with Gasteiger partial charge in [0.15, 0.2) is 0 Å². The van der Waals surface area contributed by atoms with Crippen LogP contribution in [0, 0.1) is 11.3 Å². The maximum Gasteiger partial charge on any atom is 0.251 e. The van der Waals surface area contributed by atoms with Crippen LogP contribution in [-0.2, 0) is 9.47 Å². The maximum atomic E-state index is 12.7. The molecule has 1 saturated carbocycles. The molecule has 1 amide bonds. The van der Waals surface area contributed by atoms with Gasteiger partial charge in [0.25, 0.3) is 5.91 Å². The quantitative estimate of drug-likeness (QED) is 0.422. The number of nitrogens with one attached hydrogen (secondary N) is 1. The van der Waals surface area contributed by atoms with Crippen LogP contribution in [0.3, 0.4) is 0 Å². The second-order valence-corrected chi connectivity index (χ2v) is 9.60. The molecule has 1 aliphatic carbocycles. The molecule has 0 spiro atoms. The van der Waals surface area contributed by atoms with E-state index in [0.717, 1.165) is 73.6 Å². The second kappa shape index (κ2) is 11.8. The van der Waals surface area contributed by atoms with Gasteiger partial charge in [-0.15, -0.1) is 0 Å². The number of carbonyl (C=O) groups is 1. The van der Waals surface area contributed by atoms with Gasteiger partial charge in [0, 0.05) is 56.3 Å². The van der Waals surface area contributed by atoms with Crippen LogP contribution in [0.15, 0.2) is 42.5 Å². The van der Waals surface area contributed by atoms with Crippen LogP contribution in [0.2, 0.25) is 0 Å². The molecule has 1 N–H and O–H groups in total. The Labute approximate surface area is 217 Å². The number of benzene rings is 2. The van der Waals surface area contributed by atoms with Gasteiger partial charge in [-0.3, -0.25) is 9.69 Å². The van der Waals surface area contributed by atoms with Crippen molar-refractivity contribution in [2.45, 2.75) is 25.3 Å². The summed E-state index contributed by atoms with van der Waals surface area (Å²) in [5.74, 6) is 0.681. The third kappa shape index (κ3) is 5.49. The fourth-order valence-corrected chi connectivity index (χ4v) is 5.08. The number of carbonyl (C=O) groups excluding carboxylic acids is 1. The molecule has 3 aromatic rings. The SMILES string of the molecule is COCCOc1ccc2c(C#N)c(-c3ccc(C(=O)NCCN4CCOCC4)cc3)n(C3CCC3)c2c1. The van der Waals surface area contributed by atoms with Gasteiger partial charge in [0.05, 0.1) is 36.6 Å². The highest BCUT2D eigenvalue weighted by Crippen LogP contribution is 2.43. The molecular formula is C29H34N4O4. The van der Waals surface area contributed by atoms with Gasteiger partial charge >= 0.3 is 0 Å². The largest absolute Gasteiger partial charge is 0.491 e. The summed E-state index contributed by atoms with van der Waals surface area (Å²) in [6.45, 7) is 5.72. The lowest BCUT2D eigenvalue weighted by molar-refractivity contribution is 0.0383. The predicted octanol–water partition coefficient (Wildman–Crippen LogP) is 3.99. The van der Waals surface area contributed by atoms with Crippen molar-refractivity contribution in [3.63, 3.8) is 0 Å². The van der Waals surface area contributed by atoms with E-state index in [1.807, 2.05) is 42.5 Å². The lowest BCUT2D eigenvalue weighted by Gasteiger charge is -2.30. The van der Waals surface area contributed by atoms with Crippen LogP contribution in [0.1, 0.15) is 41.2 Å². The molecular weight excluding hydrogens is 468 g/mol.